The van der Waals surface area contributed by atoms with Crippen LogP contribution in [0.5, 0.6) is 5.75 Å². The standard InChI is InChI=1S/C16H14N2O4/c1-22-11-4-5-13-12(8-11)16(21)18-9-10(3-7-15(19)20)2-6-14(18)17-13/h2,4-6,8-9H,3,7H2,1H3,(H,19,20). The fraction of sp³-hybridized carbons (Fsp3) is 0.188. The summed E-state index contributed by atoms with van der Waals surface area (Å²) in [7, 11) is 1.54. The van der Waals surface area contributed by atoms with E-state index >= 15 is 0 Å². The third kappa shape index (κ3) is 2.50. The highest BCUT2D eigenvalue weighted by atomic mass is 16.5. The van der Waals surface area contributed by atoms with Gasteiger partial charge in [0.2, 0.25) is 0 Å². The van der Waals surface area contributed by atoms with Crippen molar-refractivity contribution in [1.82, 2.24) is 9.38 Å². The molecule has 2 heterocycles. The van der Waals surface area contributed by atoms with E-state index in [4.69, 9.17) is 9.84 Å². The summed E-state index contributed by atoms with van der Waals surface area (Å²) in [5.74, 6) is -0.276. The van der Waals surface area contributed by atoms with Gasteiger partial charge in [0.1, 0.15) is 11.4 Å². The molecule has 0 unspecified atom stereocenters. The van der Waals surface area contributed by atoms with Gasteiger partial charge in [0.05, 0.1) is 18.0 Å². The molecule has 3 aromatic rings. The monoisotopic (exact) mass is 298 g/mol. The summed E-state index contributed by atoms with van der Waals surface area (Å²) in [6.45, 7) is 0. The van der Waals surface area contributed by atoms with Crippen LogP contribution in [0.25, 0.3) is 16.6 Å². The molecule has 0 aliphatic rings. The van der Waals surface area contributed by atoms with Gasteiger partial charge in [0, 0.05) is 12.6 Å². The Labute approximate surface area is 125 Å². The Morgan fingerprint density at radius 1 is 1.32 bits per heavy atom. The highest BCUT2D eigenvalue weighted by Crippen LogP contribution is 2.17. The maximum absolute atomic E-state index is 12.6. The second-order valence-corrected chi connectivity index (χ2v) is 4.96. The smallest absolute Gasteiger partial charge is 0.303 e. The molecular weight excluding hydrogens is 284 g/mol. The molecule has 0 atom stereocenters. The normalized spacial score (nSPS) is 11.0. The van der Waals surface area contributed by atoms with E-state index in [1.54, 1.807) is 36.5 Å². The van der Waals surface area contributed by atoms with Gasteiger partial charge in [-0.2, -0.15) is 0 Å². The van der Waals surface area contributed by atoms with Crippen LogP contribution in [-0.2, 0) is 11.2 Å². The second-order valence-electron chi connectivity index (χ2n) is 4.96. The average Bonchev–Trinajstić information content (AvgIpc) is 2.53. The molecule has 0 amide bonds. The number of aryl methyl sites for hydroxylation is 1. The highest BCUT2D eigenvalue weighted by molar-refractivity contribution is 5.81. The van der Waals surface area contributed by atoms with Crippen LogP contribution in [0.4, 0.5) is 0 Å². The maximum Gasteiger partial charge on any atom is 0.303 e. The molecule has 3 rings (SSSR count). The lowest BCUT2D eigenvalue weighted by Crippen LogP contribution is -2.16. The Bertz CT molecular complexity index is 930. The number of carbonyl (C=O) groups is 1. The minimum atomic E-state index is -0.867. The molecule has 1 N–H and O–H groups in total. The van der Waals surface area contributed by atoms with E-state index in [0.717, 1.165) is 5.56 Å². The number of pyridine rings is 1. The summed E-state index contributed by atoms with van der Waals surface area (Å²) in [5.41, 5.74) is 1.71. The van der Waals surface area contributed by atoms with Crippen LogP contribution in [-0.4, -0.2) is 27.6 Å². The van der Waals surface area contributed by atoms with Gasteiger partial charge < -0.3 is 9.84 Å². The lowest BCUT2D eigenvalue weighted by molar-refractivity contribution is -0.136. The predicted molar refractivity (Wildman–Crippen MR) is 81.5 cm³/mol. The third-order valence-electron chi connectivity index (χ3n) is 3.50. The number of methoxy groups -OCH3 is 1. The first-order valence-corrected chi connectivity index (χ1v) is 6.79. The number of ether oxygens (including phenoxy) is 1. The van der Waals surface area contributed by atoms with Crippen LogP contribution in [0.3, 0.4) is 0 Å². The first-order valence-electron chi connectivity index (χ1n) is 6.79. The molecule has 2 aromatic heterocycles. The number of fused-ring (bicyclic) bond motifs is 2. The Balaban J connectivity index is 2.18. The minimum absolute atomic E-state index is 0.0229. The predicted octanol–water partition coefficient (Wildman–Crippen LogP) is 1.87. The van der Waals surface area contributed by atoms with Gasteiger partial charge in [-0.15, -0.1) is 0 Å². The molecule has 0 spiro atoms. The zero-order chi connectivity index (χ0) is 15.7. The first kappa shape index (κ1) is 14.1. The zero-order valence-corrected chi connectivity index (χ0v) is 11.9. The molecule has 0 radical (unpaired) electrons. The molecule has 0 saturated heterocycles. The number of aliphatic carboxylic acids is 1. The largest absolute Gasteiger partial charge is 0.497 e. The molecule has 0 aliphatic heterocycles. The summed E-state index contributed by atoms with van der Waals surface area (Å²) in [6, 6.07) is 8.67. The summed E-state index contributed by atoms with van der Waals surface area (Å²) < 4.78 is 6.58. The molecular formula is C16H14N2O4. The highest BCUT2D eigenvalue weighted by Gasteiger charge is 2.08. The van der Waals surface area contributed by atoms with E-state index in [0.29, 0.717) is 28.7 Å². The lowest BCUT2D eigenvalue weighted by Gasteiger charge is -2.07. The van der Waals surface area contributed by atoms with Gasteiger partial charge in [0.25, 0.3) is 5.56 Å². The number of aromatic nitrogens is 2. The summed E-state index contributed by atoms with van der Waals surface area (Å²) >= 11 is 0. The lowest BCUT2D eigenvalue weighted by atomic mass is 10.1. The minimum Gasteiger partial charge on any atom is -0.497 e. The molecule has 112 valence electrons. The van der Waals surface area contributed by atoms with E-state index in [1.165, 1.54) is 11.5 Å². The molecule has 0 saturated carbocycles. The van der Waals surface area contributed by atoms with Crippen molar-refractivity contribution < 1.29 is 14.6 Å². The average molecular weight is 298 g/mol. The SMILES string of the molecule is COc1ccc2nc3ccc(CCC(=O)O)cn3c(=O)c2c1. The van der Waals surface area contributed by atoms with Crippen molar-refractivity contribution in [3.05, 3.63) is 52.4 Å². The number of rotatable bonds is 4. The van der Waals surface area contributed by atoms with E-state index in [2.05, 4.69) is 4.98 Å². The van der Waals surface area contributed by atoms with Gasteiger partial charge in [-0.25, -0.2) is 4.98 Å². The maximum atomic E-state index is 12.6. The number of carboxylic acid groups (broad SMARTS) is 1. The third-order valence-corrected chi connectivity index (χ3v) is 3.50. The summed E-state index contributed by atoms with van der Waals surface area (Å²) in [4.78, 5) is 27.7. The topological polar surface area (TPSA) is 80.9 Å². The number of hydrogen-bond acceptors (Lipinski definition) is 4. The van der Waals surface area contributed by atoms with Crippen molar-refractivity contribution in [3.63, 3.8) is 0 Å². The van der Waals surface area contributed by atoms with Gasteiger partial charge in [-0.1, -0.05) is 6.07 Å². The van der Waals surface area contributed by atoms with E-state index in [1.807, 2.05) is 0 Å². The van der Waals surface area contributed by atoms with Gasteiger partial charge in [0.15, 0.2) is 0 Å². The van der Waals surface area contributed by atoms with Gasteiger partial charge in [-0.05, 0) is 36.2 Å². The van der Waals surface area contributed by atoms with Crippen molar-refractivity contribution in [3.8, 4) is 5.75 Å². The number of hydrogen-bond donors (Lipinski definition) is 1. The quantitative estimate of drug-likeness (QED) is 0.744. The van der Waals surface area contributed by atoms with Crippen LogP contribution in [0.2, 0.25) is 0 Å². The Hall–Kier alpha value is -2.89. The molecule has 6 heteroatoms. The van der Waals surface area contributed by atoms with Crippen LogP contribution in [0.15, 0.2) is 41.3 Å². The fourth-order valence-corrected chi connectivity index (χ4v) is 2.35. The Kier molecular flexibility index (Phi) is 3.50. The molecule has 0 aliphatic carbocycles. The van der Waals surface area contributed by atoms with Crippen molar-refractivity contribution in [2.45, 2.75) is 12.8 Å². The van der Waals surface area contributed by atoms with Crippen molar-refractivity contribution >= 4 is 22.5 Å². The molecule has 0 bridgehead atoms. The van der Waals surface area contributed by atoms with Gasteiger partial charge >= 0.3 is 5.97 Å². The number of nitrogens with zero attached hydrogens (tertiary/aromatic N) is 2. The van der Waals surface area contributed by atoms with E-state index < -0.39 is 5.97 Å². The molecule has 0 fully saturated rings. The van der Waals surface area contributed by atoms with Crippen molar-refractivity contribution in [2.75, 3.05) is 7.11 Å². The fourth-order valence-electron chi connectivity index (χ4n) is 2.35. The van der Waals surface area contributed by atoms with Crippen LogP contribution >= 0.6 is 0 Å². The Morgan fingerprint density at radius 2 is 2.14 bits per heavy atom. The summed E-state index contributed by atoms with van der Waals surface area (Å²) in [5, 5.41) is 9.21. The van der Waals surface area contributed by atoms with Crippen LogP contribution in [0.1, 0.15) is 12.0 Å². The molecule has 22 heavy (non-hydrogen) atoms. The van der Waals surface area contributed by atoms with Crippen molar-refractivity contribution in [1.29, 1.82) is 0 Å². The number of carboxylic acids is 1. The van der Waals surface area contributed by atoms with E-state index in [-0.39, 0.29) is 12.0 Å². The first-order chi connectivity index (χ1) is 10.6. The summed E-state index contributed by atoms with van der Waals surface area (Å²) in [6.07, 6.45) is 2.04. The van der Waals surface area contributed by atoms with Crippen molar-refractivity contribution in [2.24, 2.45) is 0 Å². The molecule has 1 aromatic carbocycles. The van der Waals surface area contributed by atoms with Gasteiger partial charge in [-0.3, -0.25) is 14.0 Å². The molecule has 6 nitrogen and oxygen atoms in total. The Morgan fingerprint density at radius 3 is 2.86 bits per heavy atom. The van der Waals surface area contributed by atoms with Crippen LogP contribution in [0, 0.1) is 0 Å². The zero-order valence-electron chi connectivity index (χ0n) is 11.9. The van der Waals surface area contributed by atoms with Crippen LogP contribution < -0.4 is 10.3 Å². The second kappa shape index (κ2) is 5.48. The number of benzene rings is 1. The van der Waals surface area contributed by atoms with E-state index in [9.17, 15) is 9.59 Å².